The lowest BCUT2D eigenvalue weighted by Crippen LogP contribution is -2.01. The Balaban J connectivity index is 1.75. The average molecular weight is 415 g/mol. The summed E-state index contributed by atoms with van der Waals surface area (Å²) in [5.74, 6) is 1.13. The zero-order valence-electron chi connectivity index (χ0n) is 17.7. The maximum atomic E-state index is 12.3. The summed E-state index contributed by atoms with van der Waals surface area (Å²) in [7, 11) is 1.38. The summed E-state index contributed by atoms with van der Waals surface area (Å²) >= 11 is 0. The molecule has 0 unspecified atom stereocenters. The fraction of sp³-hybridized carbons (Fsp3) is 0.192. The highest BCUT2D eigenvalue weighted by Gasteiger charge is 2.17. The van der Waals surface area contributed by atoms with Gasteiger partial charge in [-0.15, -0.1) is 0 Å². The summed E-state index contributed by atoms with van der Waals surface area (Å²) in [6, 6.07) is 21.4. The van der Waals surface area contributed by atoms with Gasteiger partial charge in [-0.3, -0.25) is 0 Å². The van der Waals surface area contributed by atoms with E-state index in [2.05, 4.69) is 13.0 Å². The number of methoxy groups -OCH3 is 1. The number of carbonyl (C=O) groups is 1. The molecular formula is C26H25NO4. The van der Waals surface area contributed by atoms with Crippen molar-refractivity contribution < 1.29 is 18.7 Å². The van der Waals surface area contributed by atoms with Crippen molar-refractivity contribution in [2.24, 2.45) is 5.73 Å². The van der Waals surface area contributed by atoms with Crippen LogP contribution < -0.4 is 10.5 Å². The number of benzene rings is 3. The van der Waals surface area contributed by atoms with E-state index < -0.39 is 5.97 Å². The summed E-state index contributed by atoms with van der Waals surface area (Å²) in [5, 5.41) is 0.818. The van der Waals surface area contributed by atoms with Crippen molar-refractivity contribution in [2.45, 2.75) is 26.5 Å². The highest BCUT2D eigenvalue weighted by atomic mass is 16.5. The second kappa shape index (κ2) is 9.06. The van der Waals surface area contributed by atoms with Crippen molar-refractivity contribution in [1.29, 1.82) is 0 Å². The van der Waals surface area contributed by atoms with Crippen molar-refractivity contribution in [3.63, 3.8) is 0 Å². The molecule has 0 fully saturated rings. The smallest absolute Gasteiger partial charge is 0.337 e. The van der Waals surface area contributed by atoms with Gasteiger partial charge in [-0.05, 0) is 53.4 Å². The van der Waals surface area contributed by atoms with E-state index in [1.54, 1.807) is 12.1 Å². The lowest BCUT2D eigenvalue weighted by molar-refractivity contribution is 0.0601. The molecule has 0 bridgehead atoms. The van der Waals surface area contributed by atoms with Crippen LogP contribution >= 0.6 is 0 Å². The number of carbonyl (C=O) groups excluding carboxylic acids is 1. The molecule has 3 aromatic carbocycles. The maximum absolute atomic E-state index is 12.3. The molecule has 0 aliphatic carbocycles. The van der Waals surface area contributed by atoms with Crippen LogP contribution in [-0.4, -0.2) is 13.1 Å². The van der Waals surface area contributed by atoms with E-state index >= 15 is 0 Å². The van der Waals surface area contributed by atoms with E-state index in [0.29, 0.717) is 30.1 Å². The highest BCUT2D eigenvalue weighted by molar-refractivity contribution is 6.01. The van der Waals surface area contributed by atoms with Crippen LogP contribution in [-0.2, 0) is 24.3 Å². The van der Waals surface area contributed by atoms with E-state index in [9.17, 15) is 4.79 Å². The van der Waals surface area contributed by atoms with Crippen LogP contribution in [0.15, 0.2) is 71.1 Å². The molecule has 1 aromatic heterocycles. The first kappa shape index (κ1) is 20.7. The molecule has 0 atom stereocenters. The molecule has 0 spiro atoms. The molecule has 0 aliphatic heterocycles. The molecule has 5 heteroatoms. The van der Waals surface area contributed by atoms with Gasteiger partial charge in [-0.2, -0.15) is 0 Å². The fourth-order valence-corrected chi connectivity index (χ4v) is 3.68. The monoisotopic (exact) mass is 415 g/mol. The van der Waals surface area contributed by atoms with Crippen LogP contribution in [0.1, 0.15) is 34.2 Å². The Labute approximate surface area is 181 Å². The number of nitrogens with two attached hydrogens (primary N) is 1. The van der Waals surface area contributed by atoms with Gasteiger partial charge in [-0.25, -0.2) is 4.79 Å². The van der Waals surface area contributed by atoms with Crippen molar-refractivity contribution >= 4 is 16.9 Å². The molecule has 0 saturated heterocycles. The third kappa shape index (κ3) is 4.32. The second-order valence-corrected chi connectivity index (χ2v) is 7.30. The van der Waals surface area contributed by atoms with Crippen molar-refractivity contribution in [3.05, 3.63) is 89.2 Å². The topological polar surface area (TPSA) is 74.7 Å². The minimum absolute atomic E-state index is 0.293. The number of ether oxygens (including phenoxy) is 2. The lowest BCUT2D eigenvalue weighted by Gasteiger charge is -2.09. The number of esters is 1. The Morgan fingerprint density at radius 1 is 1.03 bits per heavy atom. The molecule has 4 aromatic rings. The van der Waals surface area contributed by atoms with E-state index in [1.807, 2.05) is 48.5 Å². The van der Waals surface area contributed by atoms with Gasteiger partial charge in [0.15, 0.2) is 0 Å². The maximum Gasteiger partial charge on any atom is 0.337 e. The number of hydrogen-bond acceptors (Lipinski definition) is 5. The van der Waals surface area contributed by atoms with Crippen LogP contribution in [0.5, 0.6) is 5.75 Å². The number of hydrogen-bond donors (Lipinski definition) is 1. The van der Waals surface area contributed by atoms with Crippen molar-refractivity contribution in [1.82, 2.24) is 0 Å². The van der Waals surface area contributed by atoms with E-state index in [4.69, 9.17) is 19.6 Å². The Bertz CT molecular complexity index is 1230. The predicted octanol–water partition coefficient (Wildman–Crippen LogP) is 5.49. The summed E-state index contributed by atoms with van der Waals surface area (Å²) < 4.78 is 17.1. The van der Waals surface area contributed by atoms with Gasteiger partial charge in [0.2, 0.25) is 0 Å². The first-order valence-electron chi connectivity index (χ1n) is 10.3. The van der Waals surface area contributed by atoms with Crippen LogP contribution in [0.2, 0.25) is 0 Å². The molecular weight excluding hydrogens is 390 g/mol. The molecule has 0 amide bonds. The predicted molar refractivity (Wildman–Crippen MR) is 121 cm³/mol. The normalized spacial score (nSPS) is 10.9. The van der Waals surface area contributed by atoms with Crippen LogP contribution in [0.3, 0.4) is 0 Å². The van der Waals surface area contributed by atoms with Crippen LogP contribution in [0.4, 0.5) is 0 Å². The average Bonchev–Trinajstić information content (AvgIpc) is 3.24. The molecule has 31 heavy (non-hydrogen) atoms. The quantitative estimate of drug-likeness (QED) is 0.404. The summed E-state index contributed by atoms with van der Waals surface area (Å²) in [4.78, 5) is 12.3. The Kier molecular flexibility index (Phi) is 6.05. The molecule has 4 rings (SSSR count). The first-order chi connectivity index (χ1) is 15.1. The van der Waals surface area contributed by atoms with Gasteiger partial charge >= 0.3 is 5.97 Å². The minimum Gasteiger partial charge on any atom is -0.485 e. The van der Waals surface area contributed by atoms with E-state index in [1.165, 1.54) is 7.11 Å². The number of furan rings is 1. The standard InChI is InChI=1S/C26H25NO4/c1-3-18-8-4-5-10-24(18)30-16-22-13-20-12-21(26(28)29-2)14-23(25(20)31-22)19-9-6-7-17(11-19)15-27/h4-14H,3,15-16,27H2,1-2H3. The van der Waals surface area contributed by atoms with Gasteiger partial charge in [0.1, 0.15) is 23.7 Å². The van der Waals surface area contributed by atoms with Crippen molar-refractivity contribution in [2.75, 3.05) is 7.11 Å². The van der Waals surface area contributed by atoms with Gasteiger partial charge in [0, 0.05) is 17.5 Å². The fourth-order valence-electron chi connectivity index (χ4n) is 3.68. The highest BCUT2D eigenvalue weighted by Crippen LogP contribution is 2.34. The Morgan fingerprint density at radius 2 is 1.87 bits per heavy atom. The molecule has 2 N–H and O–H groups in total. The second-order valence-electron chi connectivity index (χ2n) is 7.30. The number of fused-ring (bicyclic) bond motifs is 1. The van der Waals surface area contributed by atoms with Gasteiger partial charge in [0.25, 0.3) is 0 Å². The number of para-hydroxylation sites is 1. The van der Waals surface area contributed by atoms with Crippen LogP contribution in [0, 0.1) is 0 Å². The third-order valence-electron chi connectivity index (χ3n) is 5.29. The summed E-state index contributed by atoms with van der Waals surface area (Å²) in [5.41, 5.74) is 10.9. The molecule has 158 valence electrons. The first-order valence-corrected chi connectivity index (χ1v) is 10.3. The minimum atomic E-state index is -0.394. The molecule has 1 heterocycles. The molecule has 0 aliphatic rings. The molecule has 0 radical (unpaired) electrons. The largest absolute Gasteiger partial charge is 0.485 e. The zero-order chi connectivity index (χ0) is 21.8. The number of aryl methyl sites for hydroxylation is 1. The Hall–Kier alpha value is -3.57. The third-order valence-corrected chi connectivity index (χ3v) is 5.29. The van der Waals surface area contributed by atoms with Crippen molar-refractivity contribution in [3.8, 4) is 16.9 Å². The van der Waals surface area contributed by atoms with Gasteiger partial charge < -0.3 is 19.6 Å². The molecule has 0 saturated carbocycles. The van der Waals surface area contributed by atoms with Crippen LogP contribution in [0.25, 0.3) is 22.1 Å². The SMILES string of the molecule is CCc1ccccc1OCc1cc2cc(C(=O)OC)cc(-c3cccc(CN)c3)c2o1. The lowest BCUT2D eigenvalue weighted by atomic mass is 9.99. The van der Waals surface area contributed by atoms with Gasteiger partial charge in [0.05, 0.1) is 12.7 Å². The summed E-state index contributed by atoms with van der Waals surface area (Å²) in [6.45, 7) is 2.82. The summed E-state index contributed by atoms with van der Waals surface area (Å²) in [6.07, 6.45) is 0.889. The number of rotatable bonds is 7. The zero-order valence-corrected chi connectivity index (χ0v) is 17.7. The van der Waals surface area contributed by atoms with Gasteiger partial charge in [-0.1, -0.05) is 43.3 Å². The van der Waals surface area contributed by atoms with E-state index in [0.717, 1.165) is 39.8 Å². The van der Waals surface area contributed by atoms with E-state index in [-0.39, 0.29) is 0 Å². The molecule has 5 nitrogen and oxygen atoms in total. The Morgan fingerprint density at radius 3 is 2.65 bits per heavy atom.